The predicted molar refractivity (Wildman–Crippen MR) is 68.5 cm³/mol. The molecule has 1 fully saturated rings. The highest BCUT2D eigenvalue weighted by atomic mass is 32.2. The highest BCUT2D eigenvalue weighted by Crippen LogP contribution is 2.24. The molecule has 0 aromatic carbocycles. The molecule has 1 aliphatic rings. The molecule has 100 valence electrons. The first-order valence-corrected chi connectivity index (χ1v) is 7.76. The van der Waals surface area contributed by atoms with Crippen LogP contribution in [0.5, 0.6) is 0 Å². The van der Waals surface area contributed by atoms with Crippen molar-refractivity contribution in [1.29, 1.82) is 0 Å². The fourth-order valence-corrected chi connectivity index (χ4v) is 3.43. The summed E-state index contributed by atoms with van der Waals surface area (Å²) >= 11 is 0. The number of hydrogen-bond donors (Lipinski definition) is 0. The molecule has 5 heteroatoms. The summed E-state index contributed by atoms with van der Waals surface area (Å²) in [5, 5.41) is 0. The van der Waals surface area contributed by atoms with E-state index < -0.39 is 14.6 Å². The maximum atomic E-state index is 12.1. The Morgan fingerprint density at radius 2 is 1.71 bits per heavy atom. The molecule has 0 bridgehead atoms. The predicted octanol–water partition coefficient (Wildman–Crippen LogP) is 1.46. The quantitative estimate of drug-likeness (QED) is 0.756. The molecule has 0 unspecified atom stereocenters. The van der Waals surface area contributed by atoms with E-state index in [1.807, 2.05) is 0 Å². The maximum Gasteiger partial charge on any atom is 0.219 e. The molecule has 0 aromatic heterocycles. The van der Waals surface area contributed by atoms with Crippen molar-refractivity contribution in [2.24, 2.45) is 5.92 Å². The third-order valence-corrected chi connectivity index (χ3v) is 6.22. The van der Waals surface area contributed by atoms with Gasteiger partial charge < -0.3 is 4.90 Å². The number of likely N-dealkylation sites (tertiary alicyclic amines) is 1. The summed E-state index contributed by atoms with van der Waals surface area (Å²) in [7, 11) is -3.04. The van der Waals surface area contributed by atoms with Gasteiger partial charge in [-0.3, -0.25) is 4.79 Å². The number of piperidine rings is 1. The van der Waals surface area contributed by atoms with Crippen LogP contribution in [0.15, 0.2) is 0 Å². The summed E-state index contributed by atoms with van der Waals surface area (Å²) in [5.74, 6) is 0.541. The largest absolute Gasteiger partial charge is 0.343 e. The van der Waals surface area contributed by atoms with E-state index in [4.69, 9.17) is 0 Å². The molecule has 0 N–H and O–H groups in total. The fraction of sp³-hybridized carbons (Fsp3) is 0.917. The van der Waals surface area contributed by atoms with Crippen LogP contribution < -0.4 is 0 Å². The molecule has 1 saturated heterocycles. The zero-order valence-corrected chi connectivity index (χ0v) is 12.0. The summed E-state index contributed by atoms with van der Waals surface area (Å²) in [4.78, 5) is 12.9. The average Bonchev–Trinajstić information content (AvgIpc) is 2.16. The highest BCUT2D eigenvalue weighted by Gasteiger charge is 2.33. The average molecular weight is 261 g/mol. The maximum absolute atomic E-state index is 12.1. The molecule has 0 spiro atoms. The van der Waals surface area contributed by atoms with Gasteiger partial charge in [0.05, 0.1) is 10.5 Å². The number of carbonyl (C=O) groups is 1. The van der Waals surface area contributed by atoms with Crippen LogP contribution in [0.25, 0.3) is 0 Å². The Morgan fingerprint density at radius 3 is 2.06 bits per heavy atom. The number of nitrogens with zero attached hydrogens (tertiary/aromatic N) is 1. The van der Waals surface area contributed by atoms with Crippen molar-refractivity contribution in [1.82, 2.24) is 4.90 Å². The van der Waals surface area contributed by atoms with Gasteiger partial charge in [-0.1, -0.05) is 0 Å². The molecule has 1 amide bonds. The lowest BCUT2D eigenvalue weighted by molar-refractivity contribution is -0.130. The lowest BCUT2D eigenvalue weighted by Crippen LogP contribution is -2.41. The van der Waals surface area contributed by atoms with Crippen LogP contribution in [0.2, 0.25) is 0 Å². The van der Waals surface area contributed by atoms with E-state index in [2.05, 4.69) is 0 Å². The molecule has 0 radical (unpaired) electrons. The van der Waals surface area contributed by atoms with Gasteiger partial charge in [0, 0.05) is 20.0 Å². The first kappa shape index (κ1) is 14.5. The molecule has 1 aliphatic heterocycles. The van der Waals surface area contributed by atoms with E-state index in [1.165, 1.54) is 0 Å². The van der Waals surface area contributed by atoms with Gasteiger partial charge in [-0.15, -0.1) is 0 Å². The van der Waals surface area contributed by atoms with Crippen LogP contribution in [-0.2, 0) is 14.6 Å². The Hall–Kier alpha value is -0.580. The number of carbonyl (C=O) groups excluding carboxylic acids is 1. The van der Waals surface area contributed by atoms with Crippen molar-refractivity contribution >= 4 is 15.7 Å². The topological polar surface area (TPSA) is 54.5 Å². The smallest absolute Gasteiger partial charge is 0.219 e. The number of rotatable bonds is 2. The summed E-state index contributed by atoms with van der Waals surface area (Å²) in [5.41, 5.74) is 0. The van der Waals surface area contributed by atoms with E-state index in [0.717, 1.165) is 12.8 Å². The van der Waals surface area contributed by atoms with Gasteiger partial charge >= 0.3 is 0 Å². The second-order valence-corrected chi connectivity index (χ2v) is 8.63. The Labute approximate surface area is 104 Å². The Balaban J connectivity index is 2.55. The third kappa shape index (κ3) is 3.69. The van der Waals surface area contributed by atoms with E-state index >= 15 is 0 Å². The van der Waals surface area contributed by atoms with Crippen LogP contribution in [0.3, 0.4) is 0 Å². The zero-order valence-electron chi connectivity index (χ0n) is 11.2. The monoisotopic (exact) mass is 261 g/mol. The lowest BCUT2D eigenvalue weighted by atomic mass is 9.99. The number of hydrogen-bond acceptors (Lipinski definition) is 3. The van der Waals surface area contributed by atoms with Gasteiger partial charge in [0.15, 0.2) is 9.84 Å². The van der Waals surface area contributed by atoms with Crippen LogP contribution in [-0.4, -0.2) is 42.8 Å². The SMILES string of the molecule is CC(=O)N1CCC(CS(=O)(=O)C(C)(C)C)CC1. The van der Waals surface area contributed by atoms with Crippen LogP contribution in [0.4, 0.5) is 0 Å². The third-order valence-electron chi connectivity index (χ3n) is 3.45. The van der Waals surface area contributed by atoms with Gasteiger partial charge in [0.2, 0.25) is 5.91 Å². The minimum atomic E-state index is -3.04. The number of amides is 1. The minimum Gasteiger partial charge on any atom is -0.343 e. The first-order chi connectivity index (χ1) is 7.63. The molecular formula is C12H23NO3S. The highest BCUT2D eigenvalue weighted by molar-refractivity contribution is 7.92. The fourth-order valence-electron chi connectivity index (χ4n) is 1.97. The summed E-state index contributed by atoms with van der Waals surface area (Å²) < 4.78 is 23.4. The Morgan fingerprint density at radius 1 is 1.24 bits per heavy atom. The van der Waals surface area contributed by atoms with Crippen molar-refractivity contribution in [3.05, 3.63) is 0 Å². The second-order valence-electron chi connectivity index (χ2n) is 5.84. The van der Waals surface area contributed by atoms with Crippen molar-refractivity contribution < 1.29 is 13.2 Å². The zero-order chi connectivity index (χ0) is 13.3. The minimum absolute atomic E-state index is 0.0853. The summed E-state index contributed by atoms with van der Waals surface area (Å²) in [6.07, 6.45) is 1.60. The van der Waals surface area contributed by atoms with Crippen molar-refractivity contribution in [3.8, 4) is 0 Å². The van der Waals surface area contributed by atoms with Crippen LogP contribution >= 0.6 is 0 Å². The Kier molecular flexibility index (Phi) is 4.23. The van der Waals surface area contributed by atoms with Gasteiger partial charge in [-0.05, 0) is 39.5 Å². The van der Waals surface area contributed by atoms with Crippen LogP contribution in [0, 0.1) is 5.92 Å². The summed E-state index contributed by atoms with van der Waals surface area (Å²) in [6, 6.07) is 0. The number of sulfone groups is 1. The van der Waals surface area contributed by atoms with Gasteiger partial charge in [-0.2, -0.15) is 0 Å². The standard InChI is InChI=1S/C12H23NO3S/c1-10(14)13-7-5-11(6-8-13)9-17(15,16)12(2,3)4/h11H,5-9H2,1-4H3. The van der Waals surface area contributed by atoms with Crippen molar-refractivity contribution in [2.45, 2.75) is 45.3 Å². The Bertz CT molecular complexity index is 373. The molecular weight excluding hydrogens is 238 g/mol. The molecule has 0 atom stereocenters. The van der Waals surface area contributed by atoms with E-state index in [1.54, 1.807) is 32.6 Å². The van der Waals surface area contributed by atoms with Crippen LogP contribution in [0.1, 0.15) is 40.5 Å². The molecule has 0 aromatic rings. The van der Waals surface area contributed by atoms with E-state index in [0.29, 0.717) is 13.1 Å². The van der Waals surface area contributed by atoms with Gasteiger partial charge in [0.1, 0.15) is 0 Å². The molecule has 4 nitrogen and oxygen atoms in total. The van der Waals surface area contributed by atoms with E-state index in [-0.39, 0.29) is 17.6 Å². The van der Waals surface area contributed by atoms with Crippen molar-refractivity contribution in [2.75, 3.05) is 18.8 Å². The molecule has 0 saturated carbocycles. The normalized spacial score (nSPS) is 19.4. The van der Waals surface area contributed by atoms with Gasteiger partial charge in [0.25, 0.3) is 0 Å². The van der Waals surface area contributed by atoms with Crippen molar-refractivity contribution in [3.63, 3.8) is 0 Å². The lowest BCUT2D eigenvalue weighted by Gasteiger charge is -2.32. The molecule has 1 rings (SSSR count). The molecule has 17 heavy (non-hydrogen) atoms. The second kappa shape index (κ2) is 4.96. The van der Waals surface area contributed by atoms with E-state index in [9.17, 15) is 13.2 Å². The molecule has 1 heterocycles. The molecule has 0 aliphatic carbocycles. The first-order valence-electron chi connectivity index (χ1n) is 6.11. The van der Waals surface area contributed by atoms with Gasteiger partial charge in [-0.25, -0.2) is 8.42 Å². The summed E-state index contributed by atoms with van der Waals surface area (Å²) in [6.45, 7) is 8.18.